The molecule has 0 bridgehead atoms. The Morgan fingerprint density at radius 3 is 2.54 bits per heavy atom. The molecule has 0 unspecified atom stereocenters. The Labute approximate surface area is 204 Å². The molecule has 2 N–H and O–H groups in total. The van der Waals surface area contributed by atoms with E-state index in [1.54, 1.807) is 25.5 Å². The van der Waals surface area contributed by atoms with E-state index < -0.39 is 18.0 Å². The first-order valence-corrected chi connectivity index (χ1v) is 11.7. The Hall–Kier alpha value is -4.07. The number of carbonyl (C=O) groups excluding carboxylic acids is 2. The van der Waals surface area contributed by atoms with E-state index in [2.05, 4.69) is 10.6 Å². The van der Waals surface area contributed by atoms with Crippen LogP contribution in [0.4, 0.5) is 4.79 Å². The summed E-state index contributed by atoms with van der Waals surface area (Å²) in [5, 5.41) is 10.5. The Morgan fingerprint density at radius 2 is 1.89 bits per heavy atom. The smallest absolute Gasteiger partial charge is 0.338 e. The molecule has 2 heterocycles. The van der Waals surface area contributed by atoms with E-state index in [4.69, 9.17) is 14.6 Å². The number of nitrogens with one attached hydrogen (secondary N) is 2. The Morgan fingerprint density at radius 1 is 1.14 bits per heavy atom. The molecule has 1 aromatic heterocycles. The van der Waals surface area contributed by atoms with Gasteiger partial charge < -0.3 is 20.1 Å². The van der Waals surface area contributed by atoms with Gasteiger partial charge in [-0.15, -0.1) is 0 Å². The number of ether oxygens (including phenoxy) is 2. The van der Waals surface area contributed by atoms with Gasteiger partial charge in [0, 0.05) is 23.0 Å². The maximum atomic E-state index is 13.1. The number of nitrogens with zero attached hydrogens (tertiary/aromatic N) is 2. The Balaban J connectivity index is 1.89. The van der Waals surface area contributed by atoms with Crippen LogP contribution in [0.5, 0.6) is 5.75 Å². The molecule has 182 valence electrons. The van der Waals surface area contributed by atoms with E-state index >= 15 is 0 Å². The van der Waals surface area contributed by atoms with E-state index in [0.29, 0.717) is 29.1 Å². The molecule has 8 nitrogen and oxygen atoms in total. The predicted molar refractivity (Wildman–Crippen MR) is 133 cm³/mol. The number of hydrogen-bond acceptors (Lipinski definition) is 5. The first kappa shape index (κ1) is 24.1. The number of esters is 1. The fraction of sp³-hybridized carbons (Fsp3) is 0.296. The van der Waals surface area contributed by atoms with E-state index in [9.17, 15) is 9.59 Å². The van der Waals surface area contributed by atoms with Crippen molar-refractivity contribution in [1.29, 1.82) is 0 Å². The number of allylic oxidation sites excluding steroid dienone is 1. The van der Waals surface area contributed by atoms with Gasteiger partial charge >= 0.3 is 12.0 Å². The molecule has 0 saturated heterocycles. The zero-order chi connectivity index (χ0) is 25.1. The number of rotatable bonds is 7. The van der Waals surface area contributed by atoms with Crippen molar-refractivity contribution in [2.45, 2.75) is 46.8 Å². The second-order valence-corrected chi connectivity index (χ2v) is 8.65. The average molecular weight is 475 g/mol. The highest BCUT2D eigenvalue weighted by Crippen LogP contribution is 2.36. The van der Waals surface area contributed by atoms with Crippen molar-refractivity contribution in [3.63, 3.8) is 0 Å². The lowest BCUT2D eigenvalue weighted by Crippen LogP contribution is -2.45. The fourth-order valence-electron chi connectivity index (χ4n) is 4.13. The molecule has 1 aliphatic heterocycles. The summed E-state index contributed by atoms with van der Waals surface area (Å²) in [4.78, 5) is 25.6. The van der Waals surface area contributed by atoms with Crippen LogP contribution in [0, 0.1) is 6.92 Å². The molecule has 1 atom stereocenters. The standard InChI is InChI=1S/C27H30N4O4/c1-6-34-22-13-12-19(14-17(22)4)24-21(15-31(30-24)20-10-8-7-9-11-20)25-23(26(32)35-16(2)3)18(5)28-27(33)29-25/h7-16,25H,6H2,1-5H3,(H2,28,29,33)/t25-/m0/s1. The molecule has 35 heavy (non-hydrogen) atoms. The predicted octanol–water partition coefficient (Wildman–Crippen LogP) is 4.83. The van der Waals surface area contributed by atoms with Crippen molar-refractivity contribution in [3.05, 3.63) is 77.1 Å². The molecular formula is C27H30N4O4. The second-order valence-electron chi connectivity index (χ2n) is 8.65. The van der Waals surface area contributed by atoms with Crippen molar-refractivity contribution >= 4 is 12.0 Å². The van der Waals surface area contributed by atoms with Gasteiger partial charge in [-0.1, -0.05) is 18.2 Å². The number of para-hydroxylation sites is 1. The summed E-state index contributed by atoms with van der Waals surface area (Å²) in [6, 6.07) is 14.4. The lowest BCUT2D eigenvalue weighted by atomic mass is 9.93. The zero-order valence-electron chi connectivity index (χ0n) is 20.6. The fourth-order valence-corrected chi connectivity index (χ4v) is 4.13. The van der Waals surface area contributed by atoms with Crippen LogP contribution in [0.2, 0.25) is 0 Å². The minimum Gasteiger partial charge on any atom is -0.494 e. The van der Waals surface area contributed by atoms with Crippen LogP contribution in [0.25, 0.3) is 16.9 Å². The summed E-state index contributed by atoms with van der Waals surface area (Å²) in [5.41, 5.74) is 4.79. The minimum atomic E-state index is -0.741. The maximum absolute atomic E-state index is 13.1. The summed E-state index contributed by atoms with van der Waals surface area (Å²) < 4.78 is 13.0. The van der Waals surface area contributed by atoms with Crippen molar-refractivity contribution in [2.75, 3.05) is 6.61 Å². The van der Waals surface area contributed by atoms with Gasteiger partial charge in [-0.05, 0) is 70.5 Å². The maximum Gasteiger partial charge on any atom is 0.338 e. The molecule has 2 amide bonds. The van der Waals surface area contributed by atoms with Crippen LogP contribution >= 0.6 is 0 Å². The zero-order valence-corrected chi connectivity index (χ0v) is 20.6. The number of benzene rings is 2. The van der Waals surface area contributed by atoms with Gasteiger partial charge in [-0.25, -0.2) is 14.3 Å². The normalized spacial score (nSPS) is 15.6. The van der Waals surface area contributed by atoms with Crippen molar-refractivity contribution < 1.29 is 19.1 Å². The van der Waals surface area contributed by atoms with E-state index in [0.717, 1.165) is 22.6 Å². The highest BCUT2D eigenvalue weighted by molar-refractivity contribution is 5.95. The summed E-state index contributed by atoms with van der Waals surface area (Å²) >= 11 is 0. The summed E-state index contributed by atoms with van der Waals surface area (Å²) in [7, 11) is 0. The SMILES string of the molecule is CCOc1ccc(-c2nn(-c3ccccc3)cc2[C@@H]2NC(=O)NC(C)=C2C(=O)OC(C)C)cc1C. The number of hydrogen-bond donors (Lipinski definition) is 2. The van der Waals surface area contributed by atoms with Crippen LogP contribution < -0.4 is 15.4 Å². The molecular weight excluding hydrogens is 444 g/mol. The van der Waals surface area contributed by atoms with Crippen molar-refractivity contribution in [3.8, 4) is 22.7 Å². The second kappa shape index (κ2) is 10.0. The third-order valence-corrected chi connectivity index (χ3v) is 5.65. The molecule has 1 aliphatic rings. The molecule has 2 aromatic carbocycles. The van der Waals surface area contributed by atoms with Crippen LogP contribution in [-0.2, 0) is 9.53 Å². The molecule has 0 spiro atoms. The number of amides is 2. The van der Waals surface area contributed by atoms with Gasteiger partial charge in [0.05, 0.1) is 35.7 Å². The van der Waals surface area contributed by atoms with Gasteiger partial charge in [-0.2, -0.15) is 5.10 Å². The highest BCUT2D eigenvalue weighted by atomic mass is 16.5. The minimum absolute atomic E-state index is 0.304. The molecule has 8 heteroatoms. The lowest BCUT2D eigenvalue weighted by Gasteiger charge is -2.28. The number of urea groups is 1. The number of carbonyl (C=O) groups is 2. The van der Waals surface area contributed by atoms with Gasteiger partial charge in [-0.3, -0.25) is 0 Å². The van der Waals surface area contributed by atoms with Crippen LogP contribution in [-0.4, -0.2) is 34.5 Å². The van der Waals surface area contributed by atoms with Gasteiger partial charge in [0.2, 0.25) is 0 Å². The number of aromatic nitrogens is 2. The van der Waals surface area contributed by atoms with Crippen LogP contribution in [0.1, 0.15) is 44.9 Å². The molecule has 0 saturated carbocycles. The first-order chi connectivity index (χ1) is 16.8. The topological polar surface area (TPSA) is 94.5 Å². The molecule has 3 aromatic rings. The summed E-state index contributed by atoms with van der Waals surface area (Å²) in [5.74, 6) is 0.309. The Bertz CT molecular complexity index is 1280. The largest absolute Gasteiger partial charge is 0.494 e. The van der Waals surface area contributed by atoms with E-state index in [1.807, 2.05) is 68.6 Å². The average Bonchev–Trinajstić information content (AvgIpc) is 3.25. The van der Waals surface area contributed by atoms with Crippen LogP contribution in [0.15, 0.2) is 66.0 Å². The van der Waals surface area contributed by atoms with Gasteiger partial charge in [0.25, 0.3) is 0 Å². The molecule has 0 fully saturated rings. The quantitative estimate of drug-likeness (QED) is 0.479. The summed E-state index contributed by atoms with van der Waals surface area (Å²) in [6.45, 7) is 9.77. The summed E-state index contributed by atoms with van der Waals surface area (Å²) in [6.07, 6.45) is 1.55. The Kier molecular flexibility index (Phi) is 6.91. The molecule has 4 rings (SSSR count). The van der Waals surface area contributed by atoms with Crippen molar-refractivity contribution in [1.82, 2.24) is 20.4 Å². The molecule has 0 aliphatic carbocycles. The van der Waals surface area contributed by atoms with Gasteiger partial charge in [0.15, 0.2) is 0 Å². The van der Waals surface area contributed by atoms with E-state index in [1.165, 1.54) is 0 Å². The monoisotopic (exact) mass is 474 g/mol. The van der Waals surface area contributed by atoms with Gasteiger partial charge in [0.1, 0.15) is 5.75 Å². The number of aryl methyl sites for hydroxylation is 1. The van der Waals surface area contributed by atoms with Crippen LogP contribution in [0.3, 0.4) is 0 Å². The third-order valence-electron chi connectivity index (χ3n) is 5.65. The van der Waals surface area contributed by atoms with Crippen molar-refractivity contribution in [2.24, 2.45) is 0 Å². The first-order valence-electron chi connectivity index (χ1n) is 11.7. The van der Waals surface area contributed by atoms with E-state index in [-0.39, 0.29) is 6.10 Å². The highest BCUT2D eigenvalue weighted by Gasteiger charge is 2.35. The lowest BCUT2D eigenvalue weighted by molar-refractivity contribution is -0.143. The third kappa shape index (κ3) is 5.06. The molecule has 0 radical (unpaired) electrons.